The molecule has 4 heteroatoms. The summed E-state index contributed by atoms with van der Waals surface area (Å²) in [5.74, 6) is -2.09. The van der Waals surface area contributed by atoms with Crippen LogP contribution in [-0.2, 0) is 25.2 Å². The van der Waals surface area contributed by atoms with Gasteiger partial charge in [0.2, 0.25) is 0 Å². The smallest absolute Gasteiger partial charge is 0.302 e. The van der Waals surface area contributed by atoms with Gasteiger partial charge in [0.15, 0.2) is 0 Å². The lowest BCUT2D eigenvalue weighted by Gasteiger charge is -2.65. The fourth-order valence-electron chi connectivity index (χ4n) is 10.2. The first-order chi connectivity index (χ1) is 21.8. The molecule has 0 saturated heterocycles. The Kier molecular flexibility index (Phi) is 6.73. The third-order valence-electron chi connectivity index (χ3n) is 11.2. The first-order valence-corrected chi connectivity index (χ1v) is 16.5. The molecule has 4 nitrogen and oxygen atoms in total. The van der Waals surface area contributed by atoms with Crippen molar-refractivity contribution in [3.05, 3.63) is 142 Å². The van der Waals surface area contributed by atoms with E-state index in [9.17, 15) is 14.7 Å². The van der Waals surface area contributed by atoms with Crippen molar-refractivity contribution in [1.29, 1.82) is 0 Å². The molecule has 0 heterocycles. The monoisotopic (exact) mass is 611 g/mol. The van der Waals surface area contributed by atoms with Crippen LogP contribution < -0.4 is 5.11 Å². The van der Waals surface area contributed by atoms with Gasteiger partial charge < -0.3 is 14.6 Å². The predicted octanol–water partition coefficient (Wildman–Crippen LogP) is 7.64. The Hall–Kier alpha value is -4.18. The number of carboxylic acids is 1. The van der Waals surface area contributed by atoms with Crippen LogP contribution in [0.1, 0.15) is 111 Å². The summed E-state index contributed by atoms with van der Waals surface area (Å²) in [6, 6.07) is 34.8. The first kappa shape index (κ1) is 30.5. The van der Waals surface area contributed by atoms with Gasteiger partial charge in [0.05, 0.1) is 5.41 Å². The number of hydrogen-bond acceptors (Lipinski definition) is 4. The number of rotatable bonds is 5. The average molecular weight is 612 g/mol. The van der Waals surface area contributed by atoms with Gasteiger partial charge in [-0.3, -0.25) is 4.79 Å². The minimum absolute atomic E-state index is 0.0825. The number of aliphatic carboxylic acids is 1. The van der Waals surface area contributed by atoms with E-state index in [0.29, 0.717) is 0 Å². The molecule has 0 aliphatic heterocycles. The molecule has 6 aliphatic carbocycles. The highest BCUT2D eigenvalue weighted by Crippen LogP contribution is 2.73. The van der Waals surface area contributed by atoms with Crippen molar-refractivity contribution < 1.29 is 19.4 Å². The first-order valence-electron chi connectivity index (χ1n) is 16.5. The molecule has 2 unspecified atom stereocenters. The van der Waals surface area contributed by atoms with Gasteiger partial charge >= 0.3 is 5.97 Å². The molecule has 0 N–H and O–H groups in total. The van der Waals surface area contributed by atoms with Crippen LogP contribution in [-0.4, -0.2) is 18.0 Å². The number of ether oxygens (including phenoxy) is 1. The highest BCUT2D eigenvalue weighted by atomic mass is 16.5. The molecule has 4 aromatic rings. The standard InChI is InChI=1S/C42H44O4/c1-25(43)46-38(40(5,6)7)42-32-22-14-10-18-28(32)36(29-19-11-15-23-33(29)42)41(34(24-35(44)45)39(2,3)4)30-20-12-8-16-26(30)37(42)27-17-9-13-21-31(27)41/h8-23,34,36-38H,24H2,1-7H3,(H,44,45)/p-1. The minimum Gasteiger partial charge on any atom is -0.550 e. The van der Waals surface area contributed by atoms with Crippen molar-refractivity contribution in [2.24, 2.45) is 16.7 Å². The van der Waals surface area contributed by atoms with Gasteiger partial charge in [0.1, 0.15) is 6.10 Å². The van der Waals surface area contributed by atoms with Gasteiger partial charge in [-0.15, -0.1) is 0 Å². The number of hydrogen-bond donors (Lipinski definition) is 0. The molecule has 0 radical (unpaired) electrons. The number of carboxylic acid groups (broad SMARTS) is 1. The maximum atomic E-state index is 13.2. The molecule has 4 aromatic carbocycles. The van der Waals surface area contributed by atoms with Crippen molar-refractivity contribution in [2.45, 2.75) is 83.7 Å². The Bertz CT molecular complexity index is 1640. The van der Waals surface area contributed by atoms with E-state index in [1.165, 1.54) is 29.2 Å². The number of esters is 1. The summed E-state index contributed by atoms with van der Waals surface area (Å²) in [5, 5.41) is 12.8. The Morgan fingerprint density at radius 2 is 0.978 bits per heavy atom. The van der Waals surface area contributed by atoms with Gasteiger partial charge in [0.25, 0.3) is 0 Å². The van der Waals surface area contributed by atoms with Crippen molar-refractivity contribution in [3.63, 3.8) is 0 Å². The highest BCUT2D eigenvalue weighted by molar-refractivity contribution is 5.76. The zero-order chi connectivity index (χ0) is 32.8. The van der Waals surface area contributed by atoms with Crippen LogP contribution >= 0.6 is 0 Å². The van der Waals surface area contributed by atoms with E-state index in [1.54, 1.807) is 0 Å². The summed E-state index contributed by atoms with van der Waals surface area (Å²) < 4.78 is 6.62. The summed E-state index contributed by atoms with van der Waals surface area (Å²) in [6.45, 7) is 14.6. The normalized spacial score (nSPS) is 25.2. The van der Waals surface area contributed by atoms with Gasteiger partial charge in [0, 0.05) is 35.6 Å². The topological polar surface area (TPSA) is 66.4 Å². The van der Waals surface area contributed by atoms with Gasteiger partial charge in [-0.1, -0.05) is 139 Å². The lowest BCUT2D eigenvalue weighted by molar-refractivity contribution is -0.308. The van der Waals surface area contributed by atoms with E-state index in [4.69, 9.17) is 4.74 Å². The molecular formula is C42H43O4-. The van der Waals surface area contributed by atoms with E-state index in [-0.39, 0.29) is 30.1 Å². The lowest BCUT2D eigenvalue weighted by atomic mass is 9.37. The fourth-order valence-corrected chi connectivity index (χ4v) is 10.2. The molecule has 6 aliphatic rings. The summed E-state index contributed by atoms with van der Waals surface area (Å²) >= 11 is 0. The predicted molar refractivity (Wildman–Crippen MR) is 179 cm³/mol. The molecule has 0 aromatic heterocycles. The Balaban J connectivity index is 1.79. The molecule has 0 amide bonds. The molecule has 10 rings (SSSR count). The van der Waals surface area contributed by atoms with Crippen LogP contribution in [0.5, 0.6) is 0 Å². The van der Waals surface area contributed by atoms with Crippen LogP contribution in [0.25, 0.3) is 0 Å². The molecule has 236 valence electrons. The second-order valence-electron chi connectivity index (χ2n) is 15.8. The third kappa shape index (κ3) is 3.91. The zero-order valence-corrected chi connectivity index (χ0v) is 27.9. The summed E-state index contributed by atoms with van der Waals surface area (Å²) in [6.07, 6.45) is -0.611. The van der Waals surface area contributed by atoms with Gasteiger partial charge in [-0.25, -0.2) is 0 Å². The fraction of sp³-hybridized carbons (Fsp3) is 0.381. The van der Waals surface area contributed by atoms with E-state index in [1.807, 2.05) is 0 Å². The van der Waals surface area contributed by atoms with Crippen molar-refractivity contribution in [1.82, 2.24) is 0 Å². The quantitative estimate of drug-likeness (QED) is 0.218. The lowest BCUT2D eigenvalue weighted by Crippen LogP contribution is -2.63. The highest BCUT2D eigenvalue weighted by Gasteiger charge is 2.68. The maximum absolute atomic E-state index is 13.2. The Morgan fingerprint density at radius 1 is 0.630 bits per heavy atom. The van der Waals surface area contributed by atoms with Crippen molar-refractivity contribution >= 4 is 11.9 Å². The van der Waals surface area contributed by atoms with Crippen LogP contribution in [0.15, 0.2) is 97.1 Å². The molecule has 46 heavy (non-hydrogen) atoms. The van der Waals surface area contributed by atoms with Crippen LogP contribution in [0.3, 0.4) is 0 Å². The maximum Gasteiger partial charge on any atom is 0.302 e. The minimum atomic E-state index is -1.04. The third-order valence-corrected chi connectivity index (χ3v) is 11.2. The number of carbonyl (C=O) groups is 2. The van der Waals surface area contributed by atoms with Gasteiger partial charge in [-0.05, 0) is 62.3 Å². The average Bonchev–Trinajstić information content (AvgIpc) is 2.99. The second kappa shape index (κ2) is 10.2. The molecule has 4 bridgehead atoms. The van der Waals surface area contributed by atoms with Crippen LogP contribution in [0.4, 0.5) is 0 Å². The van der Waals surface area contributed by atoms with Crippen molar-refractivity contribution in [3.8, 4) is 0 Å². The van der Waals surface area contributed by atoms with E-state index < -0.39 is 33.7 Å². The molecule has 2 atom stereocenters. The Labute approximate surface area is 272 Å². The van der Waals surface area contributed by atoms with Crippen LogP contribution in [0, 0.1) is 16.7 Å². The zero-order valence-electron chi connectivity index (χ0n) is 27.9. The molecule has 0 fully saturated rings. The van der Waals surface area contributed by atoms with Crippen LogP contribution in [0.2, 0.25) is 0 Å². The summed E-state index contributed by atoms with van der Waals surface area (Å²) in [5.41, 5.74) is 6.94. The van der Waals surface area contributed by atoms with E-state index in [0.717, 1.165) is 22.3 Å². The number of benzene rings is 4. The SMILES string of the molecule is CC(=O)OC(C(C)(C)C)C12c3ccccc3C(c3ccccc31)C1(C(CC(=O)[O-])C(C)(C)C)c3ccccc3C2c2ccccc21. The summed E-state index contributed by atoms with van der Waals surface area (Å²) in [4.78, 5) is 26.0. The van der Waals surface area contributed by atoms with Crippen molar-refractivity contribution in [2.75, 3.05) is 0 Å². The molecule has 0 spiro atoms. The van der Waals surface area contributed by atoms with E-state index in [2.05, 4.69) is 139 Å². The molecular weight excluding hydrogens is 568 g/mol. The Morgan fingerprint density at radius 3 is 1.30 bits per heavy atom. The second-order valence-corrected chi connectivity index (χ2v) is 15.8. The van der Waals surface area contributed by atoms with E-state index >= 15 is 0 Å². The largest absolute Gasteiger partial charge is 0.550 e. The molecule has 0 saturated carbocycles. The number of carbonyl (C=O) groups excluding carboxylic acids is 2. The summed E-state index contributed by atoms with van der Waals surface area (Å²) in [7, 11) is 0. The van der Waals surface area contributed by atoms with Gasteiger partial charge in [-0.2, -0.15) is 0 Å².